The van der Waals surface area contributed by atoms with E-state index in [9.17, 15) is 0 Å². The summed E-state index contributed by atoms with van der Waals surface area (Å²) >= 11 is 0. The monoisotopic (exact) mass is 421 g/mol. The minimum absolute atomic E-state index is 0.796. The van der Waals surface area contributed by atoms with Crippen LogP contribution in [0.3, 0.4) is 0 Å². The van der Waals surface area contributed by atoms with Gasteiger partial charge >= 0.3 is 0 Å². The maximum absolute atomic E-state index is 5.65. The predicted molar refractivity (Wildman–Crippen MR) is 131 cm³/mol. The van der Waals surface area contributed by atoms with Crippen LogP contribution in [0.15, 0.2) is 54.6 Å². The first-order valence-electron chi connectivity index (χ1n) is 11.7. The molecule has 0 spiro atoms. The normalized spacial score (nSPS) is 15.8. The van der Waals surface area contributed by atoms with E-state index in [0.717, 1.165) is 50.5 Å². The van der Waals surface area contributed by atoms with E-state index in [0.29, 0.717) is 0 Å². The Kier molecular flexibility index (Phi) is 10.2. The molecular weight excluding hydrogens is 382 g/mol. The second-order valence-electron chi connectivity index (χ2n) is 8.50. The van der Waals surface area contributed by atoms with E-state index >= 15 is 0 Å². The average Bonchev–Trinajstić information content (AvgIpc) is 2.79. The molecule has 1 aromatic carbocycles. The number of hydrogen-bond acceptors (Lipinski definition) is 5. The second kappa shape index (κ2) is 13.4. The number of aromatic nitrogens is 1. The van der Waals surface area contributed by atoms with Crippen molar-refractivity contribution in [2.75, 3.05) is 58.9 Å². The third kappa shape index (κ3) is 8.91. The fraction of sp³-hybridized carbons (Fsp3) is 0.500. The second-order valence-corrected chi connectivity index (χ2v) is 8.50. The molecule has 3 rings (SSSR count). The summed E-state index contributed by atoms with van der Waals surface area (Å²) in [4.78, 5) is 12.4. The van der Waals surface area contributed by atoms with Crippen LogP contribution < -0.4 is 5.73 Å². The summed E-state index contributed by atoms with van der Waals surface area (Å²) in [5.74, 6) is 0. The molecule has 0 unspecified atom stereocenters. The number of nitrogens with two attached hydrogens (primary N) is 1. The van der Waals surface area contributed by atoms with E-state index in [-0.39, 0.29) is 0 Å². The topological polar surface area (TPSA) is 48.6 Å². The van der Waals surface area contributed by atoms with Crippen LogP contribution in [0.25, 0.3) is 6.08 Å². The highest BCUT2D eigenvalue weighted by molar-refractivity contribution is 5.48. The number of benzene rings is 1. The van der Waals surface area contributed by atoms with Crippen molar-refractivity contribution in [2.45, 2.75) is 26.3 Å². The SMILES string of the molecule is Cc1cccc(CN(CC=Cc2ccccc2)CCCN2CCN(CCCN)CC2)n1. The molecule has 5 heteroatoms. The van der Waals surface area contributed by atoms with Crippen molar-refractivity contribution in [1.29, 1.82) is 0 Å². The van der Waals surface area contributed by atoms with Crippen LogP contribution in [0, 0.1) is 6.92 Å². The first-order chi connectivity index (χ1) is 15.2. The Balaban J connectivity index is 1.47. The minimum atomic E-state index is 0.796. The van der Waals surface area contributed by atoms with Crippen LogP contribution >= 0.6 is 0 Å². The molecule has 1 aliphatic rings. The van der Waals surface area contributed by atoms with Gasteiger partial charge in [-0.25, -0.2) is 0 Å². The minimum Gasteiger partial charge on any atom is -0.330 e. The number of hydrogen-bond donors (Lipinski definition) is 1. The summed E-state index contributed by atoms with van der Waals surface area (Å²) in [6.45, 7) is 12.8. The van der Waals surface area contributed by atoms with Crippen LogP contribution in [0.5, 0.6) is 0 Å². The van der Waals surface area contributed by atoms with Gasteiger partial charge in [0.15, 0.2) is 0 Å². The van der Waals surface area contributed by atoms with Crippen LogP contribution in [-0.2, 0) is 6.54 Å². The van der Waals surface area contributed by atoms with Crippen LogP contribution in [-0.4, -0.2) is 78.6 Å². The molecule has 2 aromatic rings. The molecule has 1 fully saturated rings. The zero-order valence-corrected chi connectivity index (χ0v) is 19.1. The Morgan fingerprint density at radius 2 is 1.65 bits per heavy atom. The molecule has 1 aliphatic heterocycles. The maximum Gasteiger partial charge on any atom is 0.0547 e. The molecular formula is C26H39N5. The molecule has 1 saturated heterocycles. The van der Waals surface area contributed by atoms with Crippen LogP contribution in [0.2, 0.25) is 0 Å². The van der Waals surface area contributed by atoms with E-state index in [1.807, 2.05) is 0 Å². The van der Waals surface area contributed by atoms with Gasteiger partial charge in [-0.15, -0.1) is 0 Å². The van der Waals surface area contributed by atoms with Crippen molar-refractivity contribution in [3.8, 4) is 0 Å². The summed E-state index contributed by atoms with van der Waals surface area (Å²) in [5, 5.41) is 0. The molecule has 0 atom stereocenters. The molecule has 2 N–H and O–H groups in total. The van der Waals surface area contributed by atoms with Gasteiger partial charge in [0.1, 0.15) is 0 Å². The smallest absolute Gasteiger partial charge is 0.0547 e. The highest BCUT2D eigenvalue weighted by Crippen LogP contribution is 2.08. The largest absolute Gasteiger partial charge is 0.330 e. The summed E-state index contributed by atoms with van der Waals surface area (Å²) in [7, 11) is 0. The zero-order valence-electron chi connectivity index (χ0n) is 19.1. The fourth-order valence-corrected chi connectivity index (χ4v) is 4.12. The van der Waals surface area contributed by atoms with E-state index < -0.39 is 0 Å². The molecule has 0 amide bonds. The molecule has 1 aromatic heterocycles. The third-order valence-electron chi connectivity index (χ3n) is 5.90. The van der Waals surface area contributed by atoms with Crippen LogP contribution in [0.4, 0.5) is 0 Å². The molecule has 0 saturated carbocycles. The summed E-state index contributed by atoms with van der Waals surface area (Å²) in [6.07, 6.45) is 6.80. The number of pyridine rings is 1. The van der Waals surface area contributed by atoms with Gasteiger partial charge < -0.3 is 15.5 Å². The standard InChI is InChI=1S/C26H39N5/c1-24-9-5-13-26(28-24)23-31(15-6-12-25-10-3-2-4-11-25)18-8-17-30-21-19-29(20-22-30)16-7-14-27/h2-6,9-13H,7-8,14-23,27H2,1H3. The van der Waals surface area contributed by atoms with Gasteiger partial charge in [-0.1, -0.05) is 48.6 Å². The van der Waals surface area contributed by atoms with Crippen LogP contribution in [0.1, 0.15) is 29.8 Å². The maximum atomic E-state index is 5.65. The van der Waals surface area contributed by atoms with Crippen molar-refractivity contribution < 1.29 is 0 Å². The lowest BCUT2D eigenvalue weighted by molar-refractivity contribution is 0.126. The predicted octanol–water partition coefficient (Wildman–Crippen LogP) is 3.26. The number of rotatable bonds is 12. The summed E-state index contributed by atoms with van der Waals surface area (Å²) in [5.41, 5.74) is 9.14. The van der Waals surface area contributed by atoms with Crippen molar-refractivity contribution in [3.05, 3.63) is 71.6 Å². The van der Waals surface area contributed by atoms with Gasteiger partial charge in [0, 0.05) is 51.5 Å². The number of piperazine rings is 1. The van der Waals surface area contributed by atoms with Gasteiger partial charge in [-0.3, -0.25) is 9.88 Å². The number of nitrogens with zero attached hydrogens (tertiary/aromatic N) is 4. The molecule has 0 bridgehead atoms. The molecule has 0 aliphatic carbocycles. The van der Waals surface area contributed by atoms with E-state index in [1.54, 1.807) is 0 Å². The molecule has 2 heterocycles. The Bertz CT molecular complexity index is 768. The first-order valence-corrected chi connectivity index (χ1v) is 11.7. The van der Waals surface area contributed by atoms with Gasteiger partial charge in [0.25, 0.3) is 0 Å². The average molecular weight is 422 g/mol. The Hall–Kier alpha value is -2.05. The van der Waals surface area contributed by atoms with E-state index in [2.05, 4.69) is 82.3 Å². The lowest BCUT2D eigenvalue weighted by Gasteiger charge is -2.35. The van der Waals surface area contributed by atoms with Crippen molar-refractivity contribution in [1.82, 2.24) is 19.7 Å². The Morgan fingerprint density at radius 3 is 2.32 bits per heavy atom. The Morgan fingerprint density at radius 1 is 0.935 bits per heavy atom. The Labute approximate surface area is 188 Å². The van der Waals surface area contributed by atoms with Gasteiger partial charge in [-0.05, 0) is 57.1 Å². The quantitative estimate of drug-likeness (QED) is 0.570. The number of aryl methyl sites for hydroxylation is 1. The molecule has 31 heavy (non-hydrogen) atoms. The zero-order chi connectivity index (χ0) is 21.7. The third-order valence-corrected chi connectivity index (χ3v) is 5.90. The van der Waals surface area contributed by atoms with E-state index in [1.165, 1.54) is 44.7 Å². The first kappa shape index (κ1) is 23.6. The summed E-state index contributed by atoms with van der Waals surface area (Å²) in [6, 6.07) is 16.8. The molecule has 5 nitrogen and oxygen atoms in total. The van der Waals surface area contributed by atoms with Crippen molar-refractivity contribution in [3.63, 3.8) is 0 Å². The van der Waals surface area contributed by atoms with Gasteiger partial charge in [-0.2, -0.15) is 0 Å². The lowest BCUT2D eigenvalue weighted by atomic mass is 10.2. The van der Waals surface area contributed by atoms with Gasteiger partial charge in [0.05, 0.1) is 5.69 Å². The highest BCUT2D eigenvalue weighted by atomic mass is 15.3. The lowest BCUT2D eigenvalue weighted by Crippen LogP contribution is -2.47. The van der Waals surface area contributed by atoms with Crippen molar-refractivity contribution >= 4 is 6.08 Å². The fourth-order valence-electron chi connectivity index (χ4n) is 4.12. The highest BCUT2D eigenvalue weighted by Gasteiger charge is 2.16. The van der Waals surface area contributed by atoms with Gasteiger partial charge in [0.2, 0.25) is 0 Å². The van der Waals surface area contributed by atoms with Crippen molar-refractivity contribution in [2.24, 2.45) is 5.73 Å². The molecule has 168 valence electrons. The summed E-state index contributed by atoms with van der Waals surface area (Å²) < 4.78 is 0. The van der Waals surface area contributed by atoms with E-state index in [4.69, 9.17) is 10.7 Å². The molecule has 0 radical (unpaired) electrons.